The van der Waals surface area contributed by atoms with E-state index in [1.54, 1.807) is 0 Å². The van der Waals surface area contributed by atoms with Gasteiger partial charge in [-0.2, -0.15) is 0 Å². The van der Waals surface area contributed by atoms with Gasteiger partial charge in [0.15, 0.2) is 0 Å². The average Bonchev–Trinajstić information content (AvgIpc) is 4.05. The molecule has 0 unspecified atom stereocenters. The van der Waals surface area contributed by atoms with Crippen molar-refractivity contribution in [2.75, 3.05) is 4.90 Å². The van der Waals surface area contributed by atoms with Gasteiger partial charge >= 0.3 is 0 Å². The molecule has 13 aromatic rings. The summed E-state index contributed by atoms with van der Waals surface area (Å²) in [5.41, 5.74) is 22.0. The Balaban J connectivity index is 0.975. The largest absolute Gasteiger partial charge is 0.309 e. The molecular formula is C69H44N2. The van der Waals surface area contributed by atoms with Gasteiger partial charge in [-0.25, -0.2) is 0 Å². The van der Waals surface area contributed by atoms with Crippen molar-refractivity contribution in [3.63, 3.8) is 0 Å². The summed E-state index contributed by atoms with van der Waals surface area (Å²) in [5.74, 6) is 0. The molecule has 2 heteroatoms. The first-order valence-electron chi connectivity index (χ1n) is 24.7. The lowest BCUT2D eigenvalue weighted by molar-refractivity contribution is 0.794. The fourth-order valence-electron chi connectivity index (χ4n) is 12.7. The number of anilines is 3. The number of para-hydroxylation sites is 2. The molecule has 0 fully saturated rings. The van der Waals surface area contributed by atoms with Crippen molar-refractivity contribution in [2.45, 2.75) is 5.41 Å². The SMILES string of the molecule is c1ccc(-c2c3ccccc3c(N(c3ccccc3)c3ccc4c(c3)c3cc(-c5ccc6c(c5)C5(c7ccccc7-c7ccccc75)c5ccccc5-6)ccc3n4-c3ccccc3)c3ccccc23)cc1. The highest BCUT2D eigenvalue weighted by atomic mass is 15.1. The molecule has 2 aliphatic carbocycles. The summed E-state index contributed by atoms with van der Waals surface area (Å²) in [6, 6.07) is 99.1. The quantitative estimate of drug-likeness (QED) is 0.151. The normalized spacial score (nSPS) is 12.9. The molecule has 12 aromatic carbocycles. The Hall–Kier alpha value is -9.24. The smallest absolute Gasteiger partial charge is 0.0725 e. The first-order valence-corrected chi connectivity index (χ1v) is 24.7. The van der Waals surface area contributed by atoms with Crippen LogP contribution in [0.5, 0.6) is 0 Å². The first-order chi connectivity index (χ1) is 35.3. The Kier molecular flexibility index (Phi) is 8.61. The van der Waals surface area contributed by atoms with Crippen LogP contribution in [0.1, 0.15) is 22.3 Å². The van der Waals surface area contributed by atoms with Crippen molar-refractivity contribution in [2.24, 2.45) is 0 Å². The topological polar surface area (TPSA) is 8.17 Å². The van der Waals surface area contributed by atoms with Gasteiger partial charge in [0.1, 0.15) is 0 Å². The van der Waals surface area contributed by atoms with E-state index in [0.717, 1.165) is 28.3 Å². The van der Waals surface area contributed by atoms with Crippen molar-refractivity contribution in [3.05, 3.63) is 289 Å². The van der Waals surface area contributed by atoms with E-state index in [4.69, 9.17) is 0 Å². The summed E-state index contributed by atoms with van der Waals surface area (Å²) < 4.78 is 2.44. The molecule has 2 aliphatic rings. The third-order valence-corrected chi connectivity index (χ3v) is 15.6. The number of rotatable bonds is 6. The first kappa shape index (κ1) is 39.7. The van der Waals surface area contributed by atoms with E-state index in [1.807, 2.05) is 0 Å². The van der Waals surface area contributed by atoms with Crippen LogP contribution in [0.3, 0.4) is 0 Å². The van der Waals surface area contributed by atoms with E-state index < -0.39 is 5.41 Å². The summed E-state index contributed by atoms with van der Waals surface area (Å²) in [6.45, 7) is 0. The molecule has 1 aromatic heterocycles. The molecule has 0 saturated carbocycles. The molecule has 0 bridgehead atoms. The minimum atomic E-state index is -0.411. The van der Waals surface area contributed by atoms with Gasteiger partial charge in [0.2, 0.25) is 0 Å². The highest BCUT2D eigenvalue weighted by Crippen LogP contribution is 2.63. The average molecular weight is 901 g/mol. The van der Waals surface area contributed by atoms with Gasteiger partial charge in [0.25, 0.3) is 0 Å². The van der Waals surface area contributed by atoms with Crippen molar-refractivity contribution in [1.29, 1.82) is 0 Å². The summed E-state index contributed by atoms with van der Waals surface area (Å²) in [7, 11) is 0. The summed E-state index contributed by atoms with van der Waals surface area (Å²) >= 11 is 0. The second kappa shape index (κ2) is 15.4. The molecule has 0 N–H and O–H groups in total. The predicted octanol–water partition coefficient (Wildman–Crippen LogP) is 18.2. The van der Waals surface area contributed by atoms with E-state index in [1.165, 1.54) is 105 Å². The van der Waals surface area contributed by atoms with Gasteiger partial charge in [-0.15, -0.1) is 0 Å². The van der Waals surface area contributed by atoms with Crippen LogP contribution >= 0.6 is 0 Å². The van der Waals surface area contributed by atoms with E-state index in [0.29, 0.717) is 0 Å². The monoisotopic (exact) mass is 900 g/mol. The molecule has 2 nitrogen and oxygen atoms in total. The fourth-order valence-corrected chi connectivity index (χ4v) is 12.7. The summed E-state index contributed by atoms with van der Waals surface area (Å²) in [5, 5.41) is 7.26. The molecule has 71 heavy (non-hydrogen) atoms. The molecule has 0 radical (unpaired) electrons. The molecule has 15 rings (SSSR count). The van der Waals surface area contributed by atoms with E-state index >= 15 is 0 Å². The number of fused-ring (bicyclic) bond motifs is 15. The lowest BCUT2D eigenvalue weighted by Gasteiger charge is -2.30. The van der Waals surface area contributed by atoms with Gasteiger partial charge in [-0.3, -0.25) is 0 Å². The van der Waals surface area contributed by atoms with Crippen LogP contribution in [0, 0.1) is 0 Å². The van der Waals surface area contributed by atoms with Gasteiger partial charge < -0.3 is 9.47 Å². The van der Waals surface area contributed by atoms with Crippen LogP contribution in [0.4, 0.5) is 17.1 Å². The molecule has 1 spiro atoms. The van der Waals surface area contributed by atoms with Crippen molar-refractivity contribution < 1.29 is 0 Å². The molecular weight excluding hydrogens is 857 g/mol. The molecule has 1 heterocycles. The Morgan fingerprint density at radius 2 is 0.732 bits per heavy atom. The highest BCUT2D eigenvalue weighted by molar-refractivity contribution is 6.23. The zero-order valence-electron chi connectivity index (χ0n) is 38.8. The summed E-state index contributed by atoms with van der Waals surface area (Å²) in [6.07, 6.45) is 0. The lowest BCUT2D eigenvalue weighted by atomic mass is 9.70. The Bertz CT molecular complexity index is 4160. The molecule has 0 aliphatic heterocycles. The number of hydrogen-bond acceptors (Lipinski definition) is 1. The number of nitrogens with zero attached hydrogens (tertiary/aromatic N) is 2. The fraction of sp³-hybridized carbons (Fsp3) is 0.0145. The zero-order valence-corrected chi connectivity index (χ0v) is 38.8. The van der Waals surface area contributed by atoms with Crippen LogP contribution in [-0.4, -0.2) is 4.57 Å². The Morgan fingerprint density at radius 3 is 1.34 bits per heavy atom. The minimum absolute atomic E-state index is 0.411. The molecule has 0 atom stereocenters. The van der Waals surface area contributed by atoms with Gasteiger partial charge in [0, 0.05) is 38.6 Å². The zero-order chi connectivity index (χ0) is 46.6. The Morgan fingerprint density at radius 1 is 0.282 bits per heavy atom. The second-order valence-corrected chi connectivity index (χ2v) is 19.1. The van der Waals surface area contributed by atoms with Gasteiger partial charge in [-0.05, 0) is 138 Å². The molecule has 0 saturated heterocycles. The maximum Gasteiger partial charge on any atom is 0.0725 e. The van der Waals surface area contributed by atoms with Crippen LogP contribution < -0.4 is 4.90 Å². The van der Waals surface area contributed by atoms with Crippen molar-refractivity contribution >= 4 is 60.4 Å². The van der Waals surface area contributed by atoms with E-state index in [9.17, 15) is 0 Å². The third kappa shape index (κ3) is 5.65. The standard InChI is InChI=1S/C69H44N2/c1-4-20-45(21-5-1)67-55-29-10-12-31-57(55)68(58-32-13-11-30-56(58)67)70(48-22-6-2-7-23-48)50-38-41-66-60(44-50)59-42-46(37-40-65(59)71(66)49-24-8-3-9-25-49)47-36-39-54-53-28-16-19-35-63(53)69(64(54)43-47)61-33-17-14-26-51(61)52-27-15-18-34-62(52)69/h1-44H. The Labute approximate surface area is 412 Å². The van der Waals surface area contributed by atoms with Crippen LogP contribution in [0.2, 0.25) is 0 Å². The second-order valence-electron chi connectivity index (χ2n) is 19.1. The molecule has 330 valence electrons. The highest BCUT2D eigenvalue weighted by Gasteiger charge is 2.51. The van der Waals surface area contributed by atoms with Crippen LogP contribution in [0.25, 0.3) is 93.5 Å². The van der Waals surface area contributed by atoms with E-state index in [2.05, 4.69) is 276 Å². The molecule has 0 amide bonds. The summed E-state index contributed by atoms with van der Waals surface area (Å²) in [4.78, 5) is 2.49. The third-order valence-electron chi connectivity index (χ3n) is 15.6. The number of benzene rings is 12. The van der Waals surface area contributed by atoms with Crippen molar-refractivity contribution in [1.82, 2.24) is 4.57 Å². The predicted molar refractivity (Wildman–Crippen MR) is 298 cm³/mol. The van der Waals surface area contributed by atoms with Gasteiger partial charge in [0.05, 0.1) is 22.1 Å². The number of aromatic nitrogens is 1. The lowest BCUT2D eigenvalue weighted by Crippen LogP contribution is -2.25. The number of hydrogen-bond donors (Lipinski definition) is 0. The van der Waals surface area contributed by atoms with Crippen molar-refractivity contribution in [3.8, 4) is 50.2 Å². The maximum atomic E-state index is 2.50. The van der Waals surface area contributed by atoms with Crippen LogP contribution in [-0.2, 0) is 5.41 Å². The van der Waals surface area contributed by atoms with Gasteiger partial charge in [-0.1, -0.05) is 206 Å². The minimum Gasteiger partial charge on any atom is -0.309 e. The van der Waals surface area contributed by atoms with Crippen LogP contribution in [0.15, 0.2) is 267 Å². The van der Waals surface area contributed by atoms with E-state index in [-0.39, 0.29) is 0 Å². The maximum absolute atomic E-state index is 2.50.